The van der Waals surface area contributed by atoms with Crippen molar-refractivity contribution in [1.82, 2.24) is 9.55 Å². The summed E-state index contributed by atoms with van der Waals surface area (Å²) in [7, 11) is 0. The van der Waals surface area contributed by atoms with Crippen molar-refractivity contribution >= 4 is 32.5 Å². The molecule has 5 heteroatoms. The van der Waals surface area contributed by atoms with Gasteiger partial charge in [-0.25, -0.2) is 13.8 Å². The molecule has 2 aromatic heterocycles. The second kappa shape index (κ2) is 10.8. The van der Waals surface area contributed by atoms with Gasteiger partial charge in [0.2, 0.25) is 0 Å². The summed E-state index contributed by atoms with van der Waals surface area (Å²) < 4.78 is 33.7. The molecule has 0 fully saturated rings. The molecule has 0 atom stereocenters. The highest BCUT2D eigenvalue weighted by atomic mass is 32.1. The monoisotopic (exact) mass is 578 g/mol. The molecule has 2 heterocycles. The Bertz CT molecular complexity index is 1870. The highest BCUT2D eigenvalue weighted by Crippen LogP contribution is 2.44. The van der Waals surface area contributed by atoms with Crippen LogP contribution in [0.15, 0.2) is 90.3 Å². The predicted molar refractivity (Wildman–Crippen MR) is 174 cm³/mol. The van der Waals surface area contributed by atoms with E-state index in [1.54, 1.807) is 37.3 Å². The minimum absolute atomic E-state index is 0.0465. The van der Waals surface area contributed by atoms with E-state index in [-0.39, 0.29) is 17.4 Å². The van der Waals surface area contributed by atoms with E-state index in [2.05, 4.69) is 80.1 Å². The maximum absolute atomic E-state index is 15.2. The van der Waals surface area contributed by atoms with Crippen LogP contribution in [0, 0.1) is 5.92 Å². The Hall–Kier alpha value is -3.83. The minimum atomic E-state index is -2.92. The molecule has 0 aliphatic carbocycles. The third-order valence-corrected chi connectivity index (χ3v) is 9.19. The summed E-state index contributed by atoms with van der Waals surface area (Å²) in [5.74, 6) is -2.46. The van der Waals surface area contributed by atoms with Crippen molar-refractivity contribution in [2.45, 2.75) is 59.3 Å². The smallest absolute Gasteiger partial charge is 0.275 e. The van der Waals surface area contributed by atoms with E-state index in [0.29, 0.717) is 0 Å². The van der Waals surface area contributed by atoms with Crippen LogP contribution in [-0.4, -0.2) is 9.55 Å². The summed E-state index contributed by atoms with van der Waals surface area (Å²) in [6.07, 6.45) is 0. The number of alkyl halides is 2. The number of aromatic nitrogens is 2. The SMILES string of the molecule is CC(C)c1cc(-c2ccccc2)cc(C(C)C)c1-n1c(-c2csc3ccc(C(F)(F)C(C)C)cc23)nc2ccccc21. The molecule has 0 saturated heterocycles. The first-order valence-electron chi connectivity index (χ1n) is 14.7. The van der Waals surface area contributed by atoms with Gasteiger partial charge in [-0.3, -0.25) is 4.57 Å². The van der Waals surface area contributed by atoms with Crippen LogP contribution in [0.2, 0.25) is 0 Å². The minimum Gasteiger partial charge on any atom is -0.292 e. The van der Waals surface area contributed by atoms with Gasteiger partial charge in [-0.2, -0.15) is 0 Å². The summed E-state index contributed by atoms with van der Waals surface area (Å²) in [5, 5.41) is 2.88. The zero-order valence-electron chi connectivity index (χ0n) is 25.0. The second-order valence-electron chi connectivity index (χ2n) is 12.1. The molecule has 0 aliphatic heterocycles. The number of benzene rings is 4. The Morgan fingerprint density at radius 2 is 1.38 bits per heavy atom. The molecule has 0 spiro atoms. The molecule has 0 saturated carbocycles. The number of rotatable bonds is 7. The number of halogens is 2. The number of hydrogen-bond acceptors (Lipinski definition) is 2. The van der Waals surface area contributed by atoms with Crippen LogP contribution in [0.5, 0.6) is 0 Å². The second-order valence-corrected chi connectivity index (χ2v) is 13.0. The van der Waals surface area contributed by atoms with E-state index >= 15 is 8.78 Å². The Kier molecular flexibility index (Phi) is 7.26. The van der Waals surface area contributed by atoms with E-state index in [4.69, 9.17) is 4.98 Å². The van der Waals surface area contributed by atoms with E-state index in [1.807, 2.05) is 30.3 Å². The van der Waals surface area contributed by atoms with Gasteiger partial charge in [-0.15, -0.1) is 11.3 Å². The van der Waals surface area contributed by atoms with Gasteiger partial charge in [-0.05, 0) is 70.5 Å². The van der Waals surface area contributed by atoms with Crippen molar-refractivity contribution in [3.8, 4) is 28.2 Å². The van der Waals surface area contributed by atoms with E-state index in [0.717, 1.165) is 38.2 Å². The average molecular weight is 579 g/mol. The van der Waals surface area contributed by atoms with Crippen molar-refractivity contribution < 1.29 is 8.78 Å². The fourth-order valence-corrected chi connectivity index (χ4v) is 6.71. The Morgan fingerprint density at radius 3 is 2.02 bits per heavy atom. The first-order valence-corrected chi connectivity index (χ1v) is 15.6. The maximum Gasteiger partial charge on any atom is 0.275 e. The normalized spacial score (nSPS) is 12.5. The van der Waals surface area contributed by atoms with Crippen molar-refractivity contribution in [1.29, 1.82) is 0 Å². The number of imidazole rings is 1. The van der Waals surface area contributed by atoms with Crippen molar-refractivity contribution in [2.75, 3.05) is 0 Å². The van der Waals surface area contributed by atoms with Crippen LogP contribution >= 0.6 is 11.3 Å². The van der Waals surface area contributed by atoms with Gasteiger partial charge >= 0.3 is 0 Å². The molecule has 6 rings (SSSR count). The average Bonchev–Trinajstić information content (AvgIpc) is 3.57. The van der Waals surface area contributed by atoms with Gasteiger partial charge < -0.3 is 0 Å². The molecular weight excluding hydrogens is 542 g/mol. The quantitative estimate of drug-likeness (QED) is 0.184. The Labute approximate surface area is 250 Å². The third-order valence-electron chi connectivity index (χ3n) is 8.23. The highest BCUT2D eigenvalue weighted by Gasteiger charge is 2.36. The topological polar surface area (TPSA) is 17.8 Å². The lowest BCUT2D eigenvalue weighted by molar-refractivity contribution is -0.0512. The largest absolute Gasteiger partial charge is 0.292 e. The molecule has 0 N–H and O–H groups in total. The van der Waals surface area contributed by atoms with Crippen LogP contribution in [0.3, 0.4) is 0 Å². The van der Waals surface area contributed by atoms with Crippen LogP contribution in [0.25, 0.3) is 49.3 Å². The van der Waals surface area contributed by atoms with Crippen LogP contribution in [0.1, 0.15) is 70.1 Å². The molecule has 0 bridgehead atoms. The summed E-state index contributed by atoms with van der Waals surface area (Å²) in [5.41, 5.74) is 8.79. The first-order chi connectivity index (χ1) is 20.1. The highest BCUT2D eigenvalue weighted by molar-refractivity contribution is 7.17. The summed E-state index contributed by atoms with van der Waals surface area (Å²) in [6, 6.07) is 28.4. The molecule has 6 aromatic rings. The number of thiophene rings is 1. The maximum atomic E-state index is 15.2. The first kappa shape index (κ1) is 28.3. The van der Waals surface area contributed by atoms with Crippen LogP contribution in [-0.2, 0) is 5.92 Å². The molecule has 0 amide bonds. The lowest BCUT2D eigenvalue weighted by atomic mass is 9.88. The predicted octanol–water partition coefficient (Wildman–Crippen LogP) is 11.6. The number of nitrogens with zero attached hydrogens (tertiary/aromatic N) is 2. The Balaban J connectivity index is 1.68. The van der Waals surface area contributed by atoms with Crippen LogP contribution < -0.4 is 0 Å². The van der Waals surface area contributed by atoms with Crippen molar-refractivity contribution in [3.63, 3.8) is 0 Å². The van der Waals surface area contributed by atoms with E-state index in [1.165, 1.54) is 22.3 Å². The van der Waals surface area contributed by atoms with Gasteiger partial charge in [-0.1, -0.05) is 90.1 Å². The zero-order chi connectivity index (χ0) is 29.8. The number of hydrogen-bond donors (Lipinski definition) is 0. The zero-order valence-corrected chi connectivity index (χ0v) is 25.8. The van der Waals surface area contributed by atoms with Crippen molar-refractivity contribution in [2.24, 2.45) is 5.92 Å². The summed E-state index contributed by atoms with van der Waals surface area (Å²) >= 11 is 1.57. The summed E-state index contributed by atoms with van der Waals surface area (Å²) in [6.45, 7) is 12.1. The molecule has 0 unspecified atom stereocenters. The van der Waals surface area contributed by atoms with E-state index in [9.17, 15) is 0 Å². The molecule has 214 valence electrons. The van der Waals surface area contributed by atoms with Gasteiger partial charge in [0.1, 0.15) is 5.82 Å². The van der Waals surface area contributed by atoms with Crippen LogP contribution in [0.4, 0.5) is 8.78 Å². The van der Waals surface area contributed by atoms with Gasteiger partial charge in [0.05, 0.1) is 16.7 Å². The van der Waals surface area contributed by atoms with Gasteiger partial charge in [0, 0.05) is 32.5 Å². The van der Waals surface area contributed by atoms with Gasteiger partial charge in [0.15, 0.2) is 0 Å². The van der Waals surface area contributed by atoms with Crippen molar-refractivity contribution in [3.05, 3.63) is 107 Å². The fraction of sp³-hybridized carbons (Fsp3) is 0.270. The summed E-state index contributed by atoms with van der Waals surface area (Å²) in [4.78, 5) is 5.17. The lowest BCUT2D eigenvalue weighted by Gasteiger charge is -2.24. The number of para-hydroxylation sites is 2. The fourth-order valence-electron chi connectivity index (χ4n) is 5.79. The Morgan fingerprint density at radius 1 is 0.738 bits per heavy atom. The molecule has 4 aromatic carbocycles. The van der Waals surface area contributed by atoms with E-state index < -0.39 is 11.8 Å². The standard InChI is InChI=1S/C37H36F2N2S/c1-22(2)28-18-26(25-12-8-7-9-13-25)19-29(23(3)4)35(28)41-33-15-11-10-14-32(33)40-36(41)31-21-42-34-17-16-27(20-30(31)34)37(38,39)24(5)6/h7-24H,1-6H3. The lowest BCUT2D eigenvalue weighted by Crippen LogP contribution is -2.20. The molecule has 42 heavy (non-hydrogen) atoms. The van der Waals surface area contributed by atoms with Gasteiger partial charge in [0.25, 0.3) is 5.92 Å². The molecule has 0 aliphatic rings. The number of fused-ring (bicyclic) bond motifs is 2. The third kappa shape index (κ3) is 4.74. The molecule has 2 nitrogen and oxygen atoms in total. The molecular formula is C37H36F2N2S. The molecule has 0 radical (unpaired) electrons.